The van der Waals surface area contributed by atoms with Crippen LogP contribution in [0.2, 0.25) is 0 Å². The number of hydrogen-bond donors (Lipinski definition) is 2. The number of benzene rings is 1. The van der Waals surface area contributed by atoms with Crippen molar-refractivity contribution in [2.45, 2.75) is 27.7 Å². The van der Waals surface area contributed by atoms with Crippen LogP contribution in [-0.2, 0) is 0 Å². The van der Waals surface area contributed by atoms with Gasteiger partial charge in [0.1, 0.15) is 4.88 Å². The number of carboxylic acids is 1. The van der Waals surface area contributed by atoms with E-state index in [0.29, 0.717) is 5.13 Å². The van der Waals surface area contributed by atoms with Crippen LogP contribution in [0, 0.1) is 20.8 Å². The third-order valence-electron chi connectivity index (χ3n) is 3.06. The first-order valence-corrected chi connectivity index (χ1v) is 7.21. The zero-order chi connectivity index (χ0) is 15.7. The van der Waals surface area contributed by atoms with E-state index in [2.05, 4.69) is 10.3 Å². The summed E-state index contributed by atoms with van der Waals surface area (Å²) < 4.78 is 0. The van der Waals surface area contributed by atoms with Crippen molar-refractivity contribution >= 4 is 33.9 Å². The Morgan fingerprint density at radius 2 is 1.76 bits per heavy atom. The number of anilines is 2. The number of nitrogens with zero attached hydrogens (tertiary/aromatic N) is 1. The maximum Gasteiger partial charge on any atom is 0.356 e. The number of carbonyl (C=O) groups excluding carboxylic acids is 1. The fourth-order valence-corrected chi connectivity index (χ4v) is 3.10. The number of aryl methyl sites for hydroxylation is 3. The van der Waals surface area contributed by atoms with Crippen LogP contribution in [0.25, 0.3) is 0 Å². The largest absolute Gasteiger partial charge is 0.476 e. The highest BCUT2D eigenvalue weighted by Gasteiger charge is 2.21. The molecule has 0 saturated carbocycles. The molecule has 0 aliphatic heterocycles. The normalized spacial score (nSPS) is 10.5. The zero-order valence-electron chi connectivity index (χ0n) is 12.3. The van der Waals surface area contributed by atoms with Crippen molar-refractivity contribution in [3.8, 4) is 0 Å². The predicted molar refractivity (Wildman–Crippen MR) is 83.0 cm³/mol. The lowest BCUT2D eigenvalue weighted by Crippen LogP contribution is -2.04. The minimum atomic E-state index is -1.19. The third kappa shape index (κ3) is 3.11. The van der Waals surface area contributed by atoms with Gasteiger partial charge in [-0.1, -0.05) is 29.0 Å². The van der Waals surface area contributed by atoms with Gasteiger partial charge in [-0.15, -0.1) is 0 Å². The van der Waals surface area contributed by atoms with Gasteiger partial charge in [0.25, 0.3) is 0 Å². The Bertz CT molecular complexity index is 680. The van der Waals surface area contributed by atoms with Gasteiger partial charge in [-0.3, -0.25) is 4.79 Å². The highest BCUT2D eigenvalue weighted by atomic mass is 32.1. The van der Waals surface area contributed by atoms with E-state index in [0.717, 1.165) is 33.7 Å². The molecule has 110 valence electrons. The second-order valence-electron chi connectivity index (χ2n) is 4.96. The standard InChI is InChI=1S/C15H16N2O3S/c1-7-5-8(2)11(9(3)6-7)16-15-17-12(14(19)20)13(21-15)10(4)18/h5-6H,1-4H3,(H,16,17)(H,19,20). The highest BCUT2D eigenvalue weighted by Crippen LogP contribution is 2.30. The minimum Gasteiger partial charge on any atom is -0.476 e. The highest BCUT2D eigenvalue weighted by molar-refractivity contribution is 7.17. The van der Waals surface area contributed by atoms with Gasteiger partial charge >= 0.3 is 5.97 Å². The van der Waals surface area contributed by atoms with Gasteiger partial charge < -0.3 is 10.4 Å². The van der Waals surface area contributed by atoms with E-state index < -0.39 is 5.97 Å². The fraction of sp³-hybridized carbons (Fsp3) is 0.267. The quantitative estimate of drug-likeness (QED) is 0.842. The smallest absolute Gasteiger partial charge is 0.356 e. The van der Waals surface area contributed by atoms with E-state index >= 15 is 0 Å². The lowest BCUT2D eigenvalue weighted by molar-refractivity contribution is 0.0687. The molecule has 21 heavy (non-hydrogen) atoms. The van der Waals surface area contributed by atoms with Crippen LogP contribution < -0.4 is 5.32 Å². The predicted octanol–water partition coefficient (Wildman–Crippen LogP) is 3.71. The van der Waals surface area contributed by atoms with Crippen LogP contribution in [-0.4, -0.2) is 21.8 Å². The molecule has 1 aromatic carbocycles. The van der Waals surface area contributed by atoms with E-state index in [-0.39, 0.29) is 16.4 Å². The van der Waals surface area contributed by atoms with Crippen LogP contribution in [0.15, 0.2) is 12.1 Å². The number of carbonyl (C=O) groups is 2. The Hall–Kier alpha value is -2.21. The van der Waals surface area contributed by atoms with Crippen LogP contribution in [0.3, 0.4) is 0 Å². The fourth-order valence-electron chi connectivity index (χ4n) is 2.24. The van der Waals surface area contributed by atoms with Gasteiger partial charge in [-0.25, -0.2) is 9.78 Å². The number of rotatable bonds is 4. The number of aromatic nitrogens is 1. The molecule has 2 N–H and O–H groups in total. The van der Waals surface area contributed by atoms with Crippen LogP contribution in [0.4, 0.5) is 10.8 Å². The molecule has 6 heteroatoms. The molecular formula is C15H16N2O3S. The molecule has 1 aromatic heterocycles. The van der Waals surface area contributed by atoms with Gasteiger partial charge in [-0.05, 0) is 31.9 Å². The molecule has 0 fully saturated rings. The molecule has 0 radical (unpaired) electrons. The number of ketones is 1. The molecule has 0 amide bonds. The SMILES string of the molecule is CC(=O)c1sc(Nc2c(C)cc(C)cc2C)nc1C(=O)O. The average Bonchev–Trinajstić information content (AvgIpc) is 2.78. The molecule has 0 saturated heterocycles. The van der Waals surface area contributed by atoms with E-state index in [1.54, 1.807) is 0 Å². The number of Topliss-reactive ketones (excluding diaryl/α,β-unsaturated/α-hetero) is 1. The van der Waals surface area contributed by atoms with Crippen molar-refractivity contribution in [3.63, 3.8) is 0 Å². The van der Waals surface area contributed by atoms with Crippen molar-refractivity contribution in [3.05, 3.63) is 39.4 Å². The Labute approximate surface area is 126 Å². The van der Waals surface area contributed by atoms with Crippen molar-refractivity contribution in [2.75, 3.05) is 5.32 Å². The van der Waals surface area contributed by atoms with Crippen LogP contribution >= 0.6 is 11.3 Å². The molecular weight excluding hydrogens is 288 g/mol. The minimum absolute atomic E-state index is 0.160. The van der Waals surface area contributed by atoms with Crippen molar-refractivity contribution in [1.29, 1.82) is 0 Å². The van der Waals surface area contributed by atoms with Gasteiger partial charge in [0.2, 0.25) is 0 Å². The van der Waals surface area contributed by atoms with Crippen LogP contribution in [0.5, 0.6) is 0 Å². The summed E-state index contributed by atoms with van der Waals surface area (Å²) in [6, 6.07) is 4.07. The molecule has 0 aliphatic carbocycles. The Kier molecular flexibility index (Phi) is 4.09. The summed E-state index contributed by atoms with van der Waals surface area (Å²) in [6.07, 6.45) is 0. The number of aromatic carboxylic acids is 1. The molecule has 0 atom stereocenters. The maximum absolute atomic E-state index is 11.5. The zero-order valence-corrected chi connectivity index (χ0v) is 13.1. The van der Waals surface area contributed by atoms with E-state index in [1.807, 2.05) is 32.9 Å². The monoisotopic (exact) mass is 304 g/mol. The van der Waals surface area contributed by atoms with Gasteiger partial charge in [0, 0.05) is 12.6 Å². The Morgan fingerprint density at radius 3 is 2.19 bits per heavy atom. The summed E-state index contributed by atoms with van der Waals surface area (Å²) in [7, 11) is 0. The van der Waals surface area contributed by atoms with Gasteiger partial charge in [-0.2, -0.15) is 0 Å². The summed E-state index contributed by atoms with van der Waals surface area (Å²) in [5.74, 6) is -1.49. The molecule has 2 aromatic rings. The van der Waals surface area contributed by atoms with Crippen LogP contribution in [0.1, 0.15) is 43.8 Å². The molecule has 0 bridgehead atoms. The lowest BCUT2D eigenvalue weighted by atomic mass is 10.1. The molecule has 5 nitrogen and oxygen atoms in total. The molecule has 0 unspecified atom stereocenters. The second-order valence-corrected chi connectivity index (χ2v) is 5.96. The number of carboxylic acid groups (broad SMARTS) is 1. The first-order valence-electron chi connectivity index (χ1n) is 6.39. The summed E-state index contributed by atoms with van der Waals surface area (Å²) in [5.41, 5.74) is 3.94. The first-order chi connectivity index (χ1) is 9.79. The van der Waals surface area contributed by atoms with E-state index in [4.69, 9.17) is 5.11 Å². The summed E-state index contributed by atoms with van der Waals surface area (Å²) >= 11 is 1.06. The Balaban J connectivity index is 2.43. The maximum atomic E-state index is 11.5. The number of thiazole rings is 1. The topological polar surface area (TPSA) is 79.3 Å². The molecule has 0 aliphatic rings. The van der Waals surface area contributed by atoms with Crippen molar-refractivity contribution in [2.24, 2.45) is 0 Å². The molecule has 0 spiro atoms. The summed E-state index contributed by atoms with van der Waals surface area (Å²) in [5, 5.41) is 12.6. The second kappa shape index (κ2) is 5.65. The Morgan fingerprint density at radius 1 is 1.19 bits per heavy atom. The average molecular weight is 304 g/mol. The van der Waals surface area contributed by atoms with Crippen molar-refractivity contribution in [1.82, 2.24) is 4.98 Å². The lowest BCUT2D eigenvalue weighted by Gasteiger charge is -2.11. The molecule has 2 rings (SSSR count). The number of nitrogens with one attached hydrogen (secondary N) is 1. The van der Waals surface area contributed by atoms with E-state index in [9.17, 15) is 9.59 Å². The van der Waals surface area contributed by atoms with Crippen molar-refractivity contribution < 1.29 is 14.7 Å². The van der Waals surface area contributed by atoms with Gasteiger partial charge in [0.05, 0.1) is 0 Å². The van der Waals surface area contributed by atoms with Gasteiger partial charge in [0.15, 0.2) is 16.6 Å². The summed E-state index contributed by atoms with van der Waals surface area (Å²) in [4.78, 5) is 26.8. The third-order valence-corrected chi connectivity index (χ3v) is 4.13. The van der Waals surface area contributed by atoms with E-state index in [1.165, 1.54) is 6.92 Å². The first kappa shape index (κ1) is 15.2. The number of hydrogen-bond acceptors (Lipinski definition) is 5. The summed E-state index contributed by atoms with van der Waals surface area (Å²) in [6.45, 7) is 7.30. The molecule has 1 heterocycles.